The molecular formula is C129H79N9O4S. The van der Waals surface area contributed by atoms with Crippen LogP contribution in [0.5, 0.6) is 0 Å². The van der Waals surface area contributed by atoms with Gasteiger partial charge in [-0.2, -0.15) is 0 Å². The number of hydrogen-bond acceptors (Lipinski definition) is 11. The van der Waals surface area contributed by atoms with Crippen LogP contribution in [0.25, 0.3) is 281 Å². The van der Waals surface area contributed by atoms with Gasteiger partial charge in [0.1, 0.15) is 44.7 Å². The smallest absolute Gasteiger partial charge is 0.235 e. The lowest BCUT2D eigenvalue weighted by Gasteiger charge is -2.22. The van der Waals surface area contributed by atoms with Gasteiger partial charge in [-0.15, -0.1) is 11.3 Å². The van der Waals surface area contributed by atoms with Gasteiger partial charge in [0.05, 0.1) is 72.6 Å². The summed E-state index contributed by atoms with van der Waals surface area (Å²) in [5.41, 5.74) is 31.9. The van der Waals surface area contributed by atoms with Crippen LogP contribution in [-0.2, 0) is 5.41 Å². The molecule has 0 fully saturated rings. The molecule has 0 N–H and O–H groups in total. The summed E-state index contributed by atoms with van der Waals surface area (Å²) in [6.07, 6.45) is 0. The van der Waals surface area contributed by atoms with Gasteiger partial charge >= 0.3 is 0 Å². The van der Waals surface area contributed by atoms with Crippen molar-refractivity contribution >= 4 is 185 Å². The number of furan rings is 4. The highest BCUT2D eigenvalue weighted by Gasteiger charge is 2.39. The lowest BCUT2D eigenvalue weighted by atomic mass is 9.80. The van der Waals surface area contributed by atoms with E-state index < -0.39 is 0 Å². The van der Waals surface area contributed by atoms with Crippen LogP contribution < -0.4 is 0 Å². The Balaban J connectivity index is 0.000000102. The van der Waals surface area contributed by atoms with Crippen molar-refractivity contribution in [2.24, 2.45) is 0 Å². The van der Waals surface area contributed by atoms with Crippen LogP contribution in [0.3, 0.4) is 0 Å². The zero-order valence-electron chi connectivity index (χ0n) is 77.2. The van der Waals surface area contributed by atoms with Gasteiger partial charge in [-0.1, -0.05) is 329 Å². The van der Waals surface area contributed by atoms with Gasteiger partial charge in [0.15, 0.2) is 0 Å². The summed E-state index contributed by atoms with van der Waals surface area (Å²) in [4.78, 5) is 32.0. The summed E-state index contributed by atoms with van der Waals surface area (Å²) in [6, 6.07) is 154. The Hall–Kier alpha value is -18.8. The second-order valence-electron chi connectivity index (χ2n) is 37.3. The van der Waals surface area contributed by atoms with Crippen molar-refractivity contribution in [3.05, 3.63) is 454 Å². The molecule has 0 unspecified atom stereocenters. The van der Waals surface area contributed by atoms with Crippen LogP contribution in [0, 0.1) is 0 Å². The second kappa shape index (κ2) is 32.2. The Bertz CT molecular complexity index is 10500. The Labute approximate surface area is 821 Å². The molecule has 13 nitrogen and oxygen atoms in total. The third-order valence-corrected chi connectivity index (χ3v) is 30.1. The minimum Gasteiger partial charge on any atom is -0.456 e. The first kappa shape index (κ1) is 81.4. The number of nitrogens with zero attached hydrogens (tertiary/aromatic N) is 9. The number of hydrogen-bond donors (Lipinski definition) is 0. The van der Waals surface area contributed by atoms with Crippen molar-refractivity contribution < 1.29 is 17.7 Å². The molecule has 1 aliphatic rings. The predicted octanol–water partition coefficient (Wildman–Crippen LogP) is 34.7. The molecule has 31 rings (SSSR count). The molecule has 11 heterocycles. The maximum absolute atomic E-state index is 6.58. The fraction of sp³-hybridized carbons (Fsp3) is 0.0233. The molecule has 0 saturated carbocycles. The Morgan fingerprint density at radius 3 is 1.17 bits per heavy atom. The van der Waals surface area contributed by atoms with E-state index in [0.717, 1.165) is 210 Å². The normalized spacial score (nSPS) is 12.5. The summed E-state index contributed by atoms with van der Waals surface area (Å²) in [5, 5.41) is 18.2. The molecule has 19 aromatic carbocycles. The highest BCUT2D eigenvalue weighted by atomic mass is 32.1. The van der Waals surface area contributed by atoms with Crippen molar-refractivity contribution in [1.82, 2.24) is 43.6 Å². The summed E-state index contributed by atoms with van der Waals surface area (Å²) in [7, 11) is 0. The van der Waals surface area contributed by atoms with Gasteiger partial charge in [-0.25, -0.2) is 29.9 Å². The van der Waals surface area contributed by atoms with Gasteiger partial charge in [-0.3, -0.25) is 13.7 Å². The number of thiophene rings is 1. The molecule has 670 valence electrons. The number of aromatic nitrogens is 9. The second-order valence-corrected chi connectivity index (χ2v) is 38.4. The molecule has 0 amide bonds. The monoisotopic (exact) mass is 1850 g/mol. The Kier molecular flexibility index (Phi) is 18.3. The molecule has 14 heteroatoms. The van der Waals surface area contributed by atoms with E-state index in [1.807, 2.05) is 108 Å². The molecule has 0 spiro atoms. The van der Waals surface area contributed by atoms with Crippen LogP contribution in [0.1, 0.15) is 25.0 Å². The van der Waals surface area contributed by atoms with Crippen molar-refractivity contribution in [1.29, 1.82) is 0 Å². The van der Waals surface area contributed by atoms with E-state index in [0.29, 0.717) is 17.8 Å². The van der Waals surface area contributed by atoms with Crippen LogP contribution in [0.15, 0.2) is 461 Å². The molecular weight excluding hydrogens is 1770 g/mol. The molecule has 0 saturated heterocycles. The van der Waals surface area contributed by atoms with Crippen molar-refractivity contribution in [3.63, 3.8) is 0 Å². The van der Waals surface area contributed by atoms with Crippen LogP contribution in [0.4, 0.5) is 0 Å². The maximum atomic E-state index is 6.58. The SMILES string of the molecule is CC1(C)c2ccccc2-c2ccc3c(c21)c1ccccc1n3-c1nc(-c2ccccc2)cc(-c2cccc3oc4ccccc4c23)n1.c1ccc(-c2cc(-c3ccc4oc5ccccc5c4c3)nc(-n3c4ccccc4c4c5sc6ccccc6c5ccc43)n2)cc1.c1ccc(-c2cccc(-c3cc(-c4cccc5oc6ccccc6c45)nc(-n4c5ccccc5c5c6oc7ccccc7c6ccc54)n3)c2)cc1. The summed E-state index contributed by atoms with van der Waals surface area (Å²) in [5.74, 6) is 1.87. The van der Waals surface area contributed by atoms with Crippen molar-refractivity contribution in [2.45, 2.75) is 19.3 Å². The van der Waals surface area contributed by atoms with Crippen molar-refractivity contribution in [3.8, 4) is 108 Å². The first-order valence-electron chi connectivity index (χ1n) is 48.2. The largest absolute Gasteiger partial charge is 0.456 e. The zero-order valence-corrected chi connectivity index (χ0v) is 78.0. The van der Waals surface area contributed by atoms with Crippen molar-refractivity contribution in [2.75, 3.05) is 0 Å². The van der Waals surface area contributed by atoms with E-state index in [4.69, 9.17) is 47.6 Å². The quantitative estimate of drug-likeness (QED) is 0.130. The third kappa shape index (κ3) is 12.9. The lowest BCUT2D eigenvalue weighted by molar-refractivity contribution is 0.666. The van der Waals surface area contributed by atoms with E-state index in [-0.39, 0.29) is 5.41 Å². The number of fused-ring (bicyclic) bond motifs is 30. The van der Waals surface area contributed by atoms with Crippen LogP contribution in [0.2, 0.25) is 0 Å². The topological polar surface area (TPSA) is 145 Å². The first-order chi connectivity index (χ1) is 70.7. The molecule has 0 bridgehead atoms. The van der Waals surface area contributed by atoms with Gasteiger partial charge < -0.3 is 17.7 Å². The summed E-state index contributed by atoms with van der Waals surface area (Å²) < 4.78 is 34.6. The minimum absolute atomic E-state index is 0.156. The minimum atomic E-state index is -0.156. The third-order valence-electron chi connectivity index (χ3n) is 28.9. The zero-order chi connectivity index (χ0) is 94.2. The first-order valence-corrected chi connectivity index (χ1v) is 49.0. The molecule has 0 radical (unpaired) electrons. The van der Waals surface area contributed by atoms with Crippen LogP contribution in [-0.4, -0.2) is 43.6 Å². The average Bonchev–Trinajstić information content (AvgIpc) is 1.54. The Morgan fingerprint density at radius 1 is 0.210 bits per heavy atom. The molecule has 0 atom stereocenters. The number of benzene rings is 19. The lowest BCUT2D eigenvalue weighted by Crippen LogP contribution is -2.15. The number of rotatable bonds is 10. The van der Waals surface area contributed by atoms with Gasteiger partial charge in [0.2, 0.25) is 17.8 Å². The molecule has 0 aliphatic heterocycles. The van der Waals surface area contributed by atoms with Gasteiger partial charge in [0.25, 0.3) is 0 Å². The van der Waals surface area contributed by atoms with E-state index in [1.165, 1.54) is 64.0 Å². The highest BCUT2D eigenvalue weighted by molar-refractivity contribution is 7.26. The van der Waals surface area contributed by atoms with E-state index in [9.17, 15) is 0 Å². The van der Waals surface area contributed by atoms with E-state index in [2.05, 4.69) is 373 Å². The standard InChI is InChI=1S/C46H27N3O2.C43H29N3O.C40H23N3OS/c1-2-12-28(13-3-1)29-14-10-15-30(26-29)36-27-37(33-19-11-23-42-43(33)35-18-6-9-22-41(35)50-42)48-46(47-36)49-38-20-7-4-17-34(38)44-39(49)25-24-32-31-16-5-8-21-40(31)51-45(32)44;1-43(2)32-19-9-6-15-27(32)28-23-24-36-40(41(28)43)30-16-7-10-20-35(30)46(36)42-44-33(26-13-4-3-5-14-26)25-34(45-42)29-18-12-22-38-39(29)31-17-8-11-21-37(31)47-38;1-2-10-24(11-3-1)31-23-32(25-18-21-36-30(22-25)26-12-5-8-16-35(26)44-36)42-40(41-31)43-33-15-7-4-14-29(33)38-34(43)20-19-28-27-13-6-9-17-37(27)45-39(28)38/h1-27H;3-25H,1-2H3;1-23H. The number of para-hydroxylation sites is 7. The van der Waals surface area contributed by atoms with Crippen LogP contribution >= 0.6 is 11.3 Å². The molecule has 30 aromatic rings. The van der Waals surface area contributed by atoms with E-state index in [1.54, 1.807) is 0 Å². The fourth-order valence-corrected chi connectivity index (χ4v) is 23.7. The summed E-state index contributed by atoms with van der Waals surface area (Å²) >= 11 is 1.85. The Morgan fingerprint density at radius 2 is 0.587 bits per heavy atom. The summed E-state index contributed by atoms with van der Waals surface area (Å²) in [6.45, 7) is 4.70. The maximum Gasteiger partial charge on any atom is 0.235 e. The molecule has 1 aliphatic carbocycles. The van der Waals surface area contributed by atoms with Gasteiger partial charge in [-0.05, 0) is 161 Å². The average molecular weight is 1850 g/mol. The highest BCUT2D eigenvalue weighted by Crippen LogP contribution is 2.55. The molecule has 11 aromatic heterocycles. The predicted molar refractivity (Wildman–Crippen MR) is 587 cm³/mol. The fourth-order valence-electron chi connectivity index (χ4n) is 22.5. The van der Waals surface area contributed by atoms with E-state index >= 15 is 0 Å². The van der Waals surface area contributed by atoms with Gasteiger partial charge in [0, 0.05) is 129 Å². The molecule has 143 heavy (non-hydrogen) atoms.